The third-order valence-corrected chi connectivity index (χ3v) is 6.03. The Morgan fingerprint density at radius 2 is 1.83 bits per heavy atom. The van der Waals surface area contributed by atoms with Crippen molar-refractivity contribution in [3.63, 3.8) is 0 Å². The summed E-state index contributed by atoms with van der Waals surface area (Å²) in [5.41, 5.74) is 0.965. The van der Waals surface area contributed by atoms with E-state index in [0.717, 1.165) is 12.0 Å². The van der Waals surface area contributed by atoms with Gasteiger partial charge >= 0.3 is 0 Å². The number of aryl methyl sites for hydroxylation is 1. The normalized spacial score (nSPS) is 21.8. The van der Waals surface area contributed by atoms with Gasteiger partial charge in [-0.15, -0.1) is 0 Å². The second-order valence-corrected chi connectivity index (χ2v) is 8.17. The van der Waals surface area contributed by atoms with E-state index >= 15 is 0 Å². The number of hydrogen-bond acceptors (Lipinski definition) is 3. The SMILES string of the molecule is CNS(=O)(=O)c1ccc(CCC(=O)N[C@@H]2CCCC[C@H]2C)cc1. The van der Waals surface area contributed by atoms with Crippen molar-refractivity contribution in [3.8, 4) is 0 Å². The van der Waals surface area contributed by atoms with Gasteiger partial charge in [0.25, 0.3) is 0 Å². The van der Waals surface area contributed by atoms with Crippen molar-refractivity contribution in [2.24, 2.45) is 5.92 Å². The number of hydrogen-bond donors (Lipinski definition) is 2. The molecule has 1 aliphatic rings. The molecule has 1 saturated carbocycles. The first-order valence-corrected chi connectivity index (χ1v) is 9.72. The molecule has 0 unspecified atom stereocenters. The van der Waals surface area contributed by atoms with Gasteiger partial charge in [-0.25, -0.2) is 13.1 Å². The molecule has 0 bridgehead atoms. The standard InChI is InChI=1S/C17H26N2O3S/c1-13-5-3-4-6-16(13)19-17(20)12-9-14-7-10-15(11-8-14)23(21,22)18-2/h7-8,10-11,13,16,18H,3-6,9,12H2,1-2H3,(H,19,20)/t13-,16-/m1/s1. The quantitative estimate of drug-likeness (QED) is 0.835. The van der Waals surface area contributed by atoms with Gasteiger partial charge < -0.3 is 5.32 Å². The fraction of sp³-hybridized carbons (Fsp3) is 0.588. The second-order valence-electron chi connectivity index (χ2n) is 6.29. The Morgan fingerprint density at radius 1 is 1.17 bits per heavy atom. The molecule has 0 spiro atoms. The van der Waals surface area contributed by atoms with Crippen molar-refractivity contribution in [2.75, 3.05) is 7.05 Å². The molecule has 0 aromatic heterocycles. The Balaban J connectivity index is 1.84. The van der Waals surface area contributed by atoms with E-state index in [1.165, 1.54) is 26.3 Å². The minimum atomic E-state index is -3.40. The average Bonchev–Trinajstić information content (AvgIpc) is 2.55. The van der Waals surface area contributed by atoms with Crippen molar-refractivity contribution >= 4 is 15.9 Å². The smallest absolute Gasteiger partial charge is 0.240 e. The zero-order chi connectivity index (χ0) is 16.9. The number of nitrogens with one attached hydrogen (secondary N) is 2. The lowest BCUT2D eigenvalue weighted by molar-refractivity contribution is -0.122. The molecule has 2 atom stereocenters. The van der Waals surface area contributed by atoms with Crippen molar-refractivity contribution in [3.05, 3.63) is 29.8 Å². The first-order chi connectivity index (χ1) is 10.9. The highest BCUT2D eigenvalue weighted by atomic mass is 32.2. The Morgan fingerprint density at radius 3 is 2.43 bits per heavy atom. The highest BCUT2D eigenvalue weighted by molar-refractivity contribution is 7.89. The first-order valence-electron chi connectivity index (χ1n) is 8.24. The van der Waals surface area contributed by atoms with Crippen LogP contribution in [0.15, 0.2) is 29.2 Å². The maximum absolute atomic E-state index is 12.1. The van der Waals surface area contributed by atoms with E-state index in [1.54, 1.807) is 24.3 Å². The van der Waals surface area contributed by atoms with E-state index in [9.17, 15) is 13.2 Å². The highest BCUT2D eigenvalue weighted by Crippen LogP contribution is 2.23. The van der Waals surface area contributed by atoms with Crippen molar-refractivity contribution in [2.45, 2.75) is 56.4 Å². The van der Waals surface area contributed by atoms with Gasteiger partial charge in [0.1, 0.15) is 0 Å². The van der Waals surface area contributed by atoms with Crippen LogP contribution in [0.25, 0.3) is 0 Å². The monoisotopic (exact) mass is 338 g/mol. The first kappa shape index (κ1) is 17.9. The molecule has 23 heavy (non-hydrogen) atoms. The van der Waals surface area contributed by atoms with Crippen LogP contribution in [-0.4, -0.2) is 27.4 Å². The van der Waals surface area contributed by atoms with Crippen LogP contribution in [0.5, 0.6) is 0 Å². The van der Waals surface area contributed by atoms with Gasteiger partial charge in [-0.1, -0.05) is 31.9 Å². The Bertz CT molecular complexity index is 626. The fourth-order valence-corrected chi connectivity index (χ4v) is 3.75. The summed E-state index contributed by atoms with van der Waals surface area (Å²) in [4.78, 5) is 12.3. The number of rotatable bonds is 6. The van der Waals surface area contributed by atoms with Crippen LogP contribution in [0.3, 0.4) is 0 Å². The van der Waals surface area contributed by atoms with Gasteiger partial charge in [-0.2, -0.15) is 0 Å². The second kappa shape index (κ2) is 7.93. The van der Waals surface area contributed by atoms with Crippen LogP contribution in [-0.2, 0) is 21.2 Å². The third kappa shape index (κ3) is 5.04. The van der Waals surface area contributed by atoms with Gasteiger partial charge in [-0.05, 0) is 49.9 Å². The lowest BCUT2D eigenvalue weighted by Crippen LogP contribution is -2.41. The molecule has 1 aromatic rings. The molecule has 0 aliphatic heterocycles. The van der Waals surface area contributed by atoms with Crippen molar-refractivity contribution < 1.29 is 13.2 Å². The van der Waals surface area contributed by atoms with E-state index in [1.807, 2.05) is 0 Å². The van der Waals surface area contributed by atoms with Crippen LogP contribution in [0, 0.1) is 5.92 Å². The lowest BCUT2D eigenvalue weighted by Gasteiger charge is -2.29. The van der Waals surface area contributed by atoms with E-state index in [-0.39, 0.29) is 10.8 Å². The van der Waals surface area contributed by atoms with Crippen molar-refractivity contribution in [1.29, 1.82) is 0 Å². The lowest BCUT2D eigenvalue weighted by atomic mass is 9.86. The van der Waals surface area contributed by atoms with Crippen LogP contribution >= 0.6 is 0 Å². The predicted octanol–water partition coefficient (Wildman–Crippen LogP) is 2.22. The molecule has 1 fully saturated rings. The Labute approximate surface area is 138 Å². The number of carbonyl (C=O) groups excluding carboxylic acids is 1. The van der Waals surface area contributed by atoms with E-state index in [4.69, 9.17) is 0 Å². The van der Waals surface area contributed by atoms with Gasteiger partial charge in [0.2, 0.25) is 15.9 Å². The van der Waals surface area contributed by atoms with Gasteiger partial charge in [-0.3, -0.25) is 4.79 Å². The summed E-state index contributed by atoms with van der Waals surface area (Å²) in [7, 11) is -2.01. The summed E-state index contributed by atoms with van der Waals surface area (Å²) >= 11 is 0. The molecule has 2 N–H and O–H groups in total. The Kier molecular flexibility index (Phi) is 6.18. The summed E-state index contributed by atoms with van der Waals surface area (Å²) < 4.78 is 25.6. The summed E-state index contributed by atoms with van der Waals surface area (Å²) in [5.74, 6) is 0.634. The van der Waals surface area contributed by atoms with E-state index < -0.39 is 10.0 Å². The Hall–Kier alpha value is -1.40. The molecule has 1 amide bonds. The third-order valence-electron chi connectivity index (χ3n) is 4.60. The molecule has 6 heteroatoms. The molecular weight excluding hydrogens is 312 g/mol. The molecule has 0 heterocycles. The maximum Gasteiger partial charge on any atom is 0.240 e. The molecule has 2 rings (SSSR count). The van der Waals surface area contributed by atoms with Crippen molar-refractivity contribution in [1.82, 2.24) is 10.0 Å². The molecule has 0 saturated heterocycles. The average molecular weight is 338 g/mol. The van der Waals surface area contributed by atoms with Crippen LogP contribution in [0.4, 0.5) is 0 Å². The number of amides is 1. The number of carbonyl (C=O) groups is 1. The largest absolute Gasteiger partial charge is 0.353 e. The van der Waals surface area contributed by atoms with Crippen LogP contribution in [0.2, 0.25) is 0 Å². The van der Waals surface area contributed by atoms with E-state index in [2.05, 4.69) is 17.0 Å². The zero-order valence-corrected chi connectivity index (χ0v) is 14.7. The molecule has 1 aliphatic carbocycles. The number of sulfonamides is 1. The summed E-state index contributed by atoms with van der Waals surface area (Å²) in [6, 6.07) is 6.98. The number of benzene rings is 1. The molecule has 1 aromatic carbocycles. The van der Waals surface area contributed by atoms with Crippen LogP contribution < -0.4 is 10.0 Å². The van der Waals surface area contributed by atoms with Gasteiger partial charge in [0, 0.05) is 12.5 Å². The summed E-state index contributed by atoms with van der Waals surface area (Å²) in [5, 5.41) is 3.14. The maximum atomic E-state index is 12.1. The molecule has 5 nitrogen and oxygen atoms in total. The van der Waals surface area contributed by atoms with Gasteiger partial charge in [0.15, 0.2) is 0 Å². The predicted molar refractivity (Wildman–Crippen MR) is 90.6 cm³/mol. The fourth-order valence-electron chi connectivity index (χ4n) is 3.02. The summed E-state index contributed by atoms with van der Waals surface area (Å²) in [6.45, 7) is 2.20. The van der Waals surface area contributed by atoms with E-state index in [0.29, 0.717) is 24.8 Å². The molecule has 128 valence electrons. The molecular formula is C17H26N2O3S. The highest BCUT2D eigenvalue weighted by Gasteiger charge is 2.22. The minimum Gasteiger partial charge on any atom is -0.353 e. The zero-order valence-electron chi connectivity index (χ0n) is 13.8. The molecule has 0 radical (unpaired) electrons. The topological polar surface area (TPSA) is 75.3 Å². The van der Waals surface area contributed by atoms with Crippen LogP contribution in [0.1, 0.15) is 44.6 Å². The van der Waals surface area contributed by atoms with Gasteiger partial charge in [0.05, 0.1) is 4.90 Å². The minimum absolute atomic E-state index is 0.0793. The summed E-state index contributed by atoms with van der Waals surface area (Å²) in [6.07, 6.45) is 5.76.